The van der Waals surface area contributed by atoms with E-state index in [0.29, 0.717) is 25.4 Å². The maximum absolute atomic E-state index is 12.2. The average molecular weight is 565 g/mol. The zero-order chi connectivity index (χ0) is 27.9. The van der Waals surface area contributed by atoms with E-state index < -0.39 is 12.6 Å². The number of amides is 2. The van der Waals surface area contributed by atoms with Gasteiger partial charge in [-0.25, -0.2) is 0 Å². The summed E-state index contributed by atoms with van der Waals surface area (Å²) in [7, 11) is 1.50. The zero-order valence-corrected chi connectivity index (χ0v) is 23.4. The minimum Gasteiger partial charge on any atom is -0.387 e. The summed E-state index contributed by atoms with van der Waals surface area (Å²) in [4.78, 5) is 27.2. The van der Waals surface area contributed by atoms with Gasteiger partial charge < -0.3 is 26.0 Å². The molecule has 208 valence electrons. The van der Waals surface area contributed by atoms with Crippen molar-refractivity contribution < 1.29 is 14.7 Å². The van der Waals surface area contributed by atoms with Gasteiger partial charge in [0.2, 0.25) is 11.8 Å². The molecule has 1 unspecified atom stereocenters. The first-order chi connectivity index (χ1) is 18.4. The van der Waals surface area contributed by atoms with Gasteiger partial charge in [-0.05, 0) is 80.5 Å². The van der Waals surface area contributed by atoms with E-state index in [-0.39, 0.29) is 11.8 Å². The predicted molar refractivity (Wildman–Crippen MR) is 154 cm³/mol. The molecule has 2 aromatic carbocycles. The van der Waals surface area contributed by atoms with Gasteiger partial charge in [0.15, 0.2) is 0 Å². The van der Waals surface area contributed by atoms with E-state index >= 15 is 0 Å². The summed E-state index contributed by atoms with van der Waals surface area (Å²) in [5, 5.41) is 20.6. The number of halogens is 2. The number of aliphatic hydroxyl groups excluding tert-OH is 1. The zero-order valence-electron chi connectivity index (χ0n) is 21.9. The van der Waals surface area contributed by atoms with Gasteiger partial charge in [0.05, 0.1) is 6.34 Å². The summed E-state index contributed by atoms with van der Waals surface area (Å²) in [5.74, 6) is -0.0377. The average Bonchev–Trinajstić information content (AvgIpc) is 3.46. The summed E-state index contributed by atoms with van der Waals surface area (Å²) >= 11 is 11.6. The van der Waals surface area contributed by atoms with Crippen molar-refractivity contribution in [3.05, 3.63) is 69.7 Å². The number of carbonyl (C=O) groups is 2. The number of rotatable bonds is 7. The molecule has 10 heteroatoms. The number of hydrogen-bond acceptors (Lipinski definition) is 5. The molecular weight excluding hydrogens is 525 g/mol. The lowest BCUT2D eigenvalue weighted by atomic mass is 9.97. The molecular formula is C28H39Cl2N5O3. The summed E-state index contributed by atoms with van der Waals surface area (Å²) in [6.07, 6.45) is 5.70. The van der Waals surface area contributed by atoms with Crippen molar-refractivity contribution in [2.45, 2.75) is 38.1 Å². The van der Waals surface area contributed by atoms with E-state index in [2.05, 4.69) is 11.1 Å². The predicted octanol–water partition coefficient (Wildman–Crippen LogP) is 3.56. The molecule has 0 aliphatic carbocycles. The molecule has 2 amide bonds. The molecule has 0 saturated carbocycles. The number of piperidine rings is 1. The summed E-state index contributed by atoms with van der Waals surface area (Å²) in [6, 6.07) is 15.4. The normalized spacial score (nSPS) is 17.0. The van der Waals surface area contributed by atoms with E-state index in [4.69, 9.17) is 33.7 Å². The van der Waals surface area contributed by atoms with Gasteiger partial charge in [-0.1, -0.05) is 47.5 Å². The van der Waals surface area contributed by atoms with Crippen molar-refractivity contribution in [3.63, 3.8) is 0 Å². The molecule has 8 nitrogen and oxygen atoms in total. The smallest absolute Gasteiger partial charge is 0.248 e. The Kier molecular flexibility index (Phi) is 14.2. The molecule has 2 aliphatic rings. The number of carbonyl (C=O) groups excluding carboxylic acids is 2. The third-order valence-corrected chi connectivity index (χ3v) is 7.15. The van der Waals surface area contributed by atoms with Crippen molar-refractivity contribution in [2.75, 3.05) is 39.8 Å². The van der Waals surface area contributed by atoms with Crippen LogP contribution in [-0.2, 0) is 16.0 Å². The van der Waals surface area contributed by atoms with Gasteiger partial charge in [-0.2, -0.15) is 0 Å². The molecule has 2 heterocycles. The minimum absolute atomic E-state index is 0.108. The van der Waals surface area contributed by atoms with E-state index in [1.165, 1.54) is 29.4 Å². The van der Waals surface area contributed by atoms with Crippen LogP contribution in [0.1, 0.15) is 36.8 Å². The Bertz CT molecular complexity index is 953. The highest BCUT2D eigenvalue weighted by molar-refractivity contribution is 6.30. The molecule has 2 saturated heterocycles. The Balaban J connectivity index is 0.000000262. The number of nitrogens with one attached hydrogen (secondary N) is 2. The molecule has 2 fully saturated rings. The number of nitrogens with two attached hydrogens (primary N) is 1. The molecule has 2 aliphatic heterocycles. The highest BCUT2D eigenvalue weighted by atomic mass is 35.5. The van der Waals surface area contributed by atoms with Crippen LogP contribution in [0.3, 0.4) is 0 Å². The van der Waals surface area contributed by atoms with Crippen LogP contribution in [0.15, 0.2) is 48.5 Å². The van der Waals surface area contributed by atoms with Crippen LogP contribution < -0.4 is 11.1 Å². The van der Waals surface area contributed by atoms with Crippen LogP contribution in [0.5, 0.6) is 0 Å². The molecule has 2 aromatic rings. The highest BCUT2D eigenvalue weighted by Crippen LogP contribution is 2.19. The fraction of sp³-hybridized carbons (Fsp3) is 0.464. The van der Waals surface area contributed by atoms with Crippen molar-refractivity contribution in [1.82, 2.24) is 15.1 Å². The molecule has 0 spiro atoms. The number of aliphatic hydroxyl groups is 1. The van der Waals surface area contributed by atoms with Gasteiger partial charge in [-0.15, -0.1) is 0 Å². The maximum atomic E-state index is 12.2. The van der Waals surface area contributed by atoms with E-state index in [1.54, 1.807) is 0 Å². The Labute approximate surface area is 235 Å². The van der Waals surface area contributed by atoms with Crippen LogP contribution >= 0.6 is 23.2 Å². The van der Waals surface area contributed by atoms with Crippen LogP contribution in [0.2, 0.25) is 10.0 Å². The van der Waals surface area contributed by atoms with Gasteiger partial charge in [0.25, 0.3) is 0 Å². The van der Waals surface area contributed by atoms with Crippen LogP contribution in [0, 0.1) is 11.3 Å². The van der Waals surface area contributed by atoms with E-state index in [1.807, 2.05) is 53.4 Å². The standard InChI is InChI=1S/C14H24N4O3.C13H10Cl2.CH5N/c15-10-17-6-3-11(4-7-17)8-16-14(21)12-2-1-5-18(12)13(20)9-19;14-12-5-1-10(2-6-12)9-11-3-7-13(15)8-4-11;1-2/h10-12,15,19H,1-9H2,(H,16,21);1-8H,9H2;2H2,1H3. The molecule has 1 atom stereocenters. The Hall–Kier alpha value is -2.65. The molecule has 0 bridgehead atoms. The second-order valence-electron chi connectivity index (χ2n) is 9.19. The molecule has 5 N–H and O–H groups in total. The Morgan fingerprint density at radius 1 is 0.974 bits per heavy atom. The van der Waals surface area contributed by atoms with E-state index in [0.717, 1.165) is 48.8 Å². The summed E-state index contributed by atoms with van der Waals surface area (Å²) in [5.41, 5.74) is 7.00. The van der Waals surface area contributed by atoms with Gasteiger partial charge in [0.1, 0.15) is 12.6 Å². The maximum Gasteiger partial charge on any atom is 0.248 e. The van der Waals surface area contributed by atoms with Crippen molar-refractivity contribution in [2.24, 2.45) is 11.7 Å². The van der Waals surface area contributed by atoms with Crippen molar-refractivity contribution >= 4 is 41.4 Å². The molecule has 38 heavy (non-hydrogen) atoms. The monoisotopic (exact) mass is 563 g/mol. The van der Waals surface area contributed by atoms with Crippen LogP contribution in [0.25, 0.3) is 0 Å². The van der Waals surface area contributed by atoms with Gasteiger partial charge >= 0.3 is 0 Å². The topological polar surface area (TPSA) is 123 Å². The quantitative estimate of drug-likeness (QED) is 0.303. The molecule has 0 aromatic heterocycles. The second-order valence-corrected chi connectivity index (χ2v) is 10.1. The number of nitrogens with zero attached hydrogens (tertiary/aromatic N) is 2. The lowest BCUT2D eigenvalue weighted by molar-refractivity contribution is -0.140. The highest BCUT2D eigenvalue weighted by Gasteiger charge is 2.33. The molecule has 0 radical (unpaired) electrons. The first kappa shape index (κ1) is 31.6. The fourth-order valence-corrected chi connectivity index (χ4v) is 4.77. The Morgan fingerprint density at radius 2 is 1.50 bits per heavy atom. The number of benzene rings is 2. The SMILES string of the molecule is CN.Clc1ccc(Cc2ccc(Cl)cc2)cc1.N=CN1CCC(CNC(=O)C2CCCN2C(=O)CO)CC1. The third kappa shape index (κ3) is 10.3. The first-order valence-corrected chi connectivity index (χ1v) is 13.6. The second kappa shape index (κ2) is 17.0. The van der Waals surface area contributed by atoms with Gasteiger partial charge in [-0.3, -0.25) is 15.0 Å². The van der Waals surface area contributed by atoms with E-state index in [9.17, 15) is 9.59 Å². The minimum atomic E-state index is -0.536. The van der Waals surface area contributed by atoms with Crippen molar-refractivity contribution in [1.29, 1.82) is 5.41 Å². The molecule has 4 rings (SSSR count). The Morgan fingerprint density at radius 3 is 1.97 bits per heavy atom. The van der Waals surface area contributed by atoms with Crippen LogP contribution in [0.4, 0.5) is 0 Å². The third-order valence-electron chi connectivity index (χ3n) is 6.64. The van der Waals surface area contributed by atoms with Crippen molar-refractivity contribution in [3.8, 4) is 0 Å². The first-order valence-electron chi connectivity index (χ1n) is 12.9. The lowest BCUT2D eigenvalue weighted by Gasteiger charge is -2.31. The summed E-state index contributed by atoms with van der Waals surface area (Å²) < 4.78 is 0. The van der Waals surface area contributed by atoms with Gasteiger partial charge in [0, 0.05) is 36.2 Å². The number of likely N-dealkylation sites (tertiary alicyclic amines) is 2. The number of hydrogen-bond donors (Lipinski definition) is 4. The fourth-order valence-electron chi connectivity index (χ4n) is 4.52. The largest absolute Gasteiger partial charge is 0.387 e. The summed E-state index contributed by atoms with van der Waals surface area (Å²) in [6.45, 7) is 2.37. The lowest BCUT2D eigenvalue weighted by Crippen LogP contribution is -2.48. The van der Waals surface area contributed by atoms with Crippen LogP contribution in [-0.4, -0.2) is 78.9 Å².